The van der Waals surface area contributed by atoms with Crippen LogP contribution in [0.3, 0.4) is 0 Å². The Morgan fingerprint density at radius 2 is 1.73 bits per heavy atom. The Bertz CT molecular complexity index is 1030. The Labute approximate surface area is 181 Å². The Morgan fingerprint density at radius 3 is 2.43 bits per heavy atom. The van der Waals surface area contributed by atoms with Crippen LogP contribution in [0.5, 0.6) is 0 Å². The van der Waals surface area contributed by atoms with Crippen molar-refractivity contribution in [2.45, 2.75) is 45.6 Å². The van der Waals surface area contributed by atoms with E-state index in [2.05, 4.69) is 29.5 Å². The topological polar surface area (TPSA) is 64.0 Å². The fourth-order valence-electron chi connectivity index (χ4n) is 3.13. The van der Waals surface area contributed by atoms with Gasteiger partial charge in [-0.05, 0) is 55.2 Å². The van der Waals surface area contributed by atoms with Crippen molar-refractivity contribution >= 4 is 23.2 Å². The smallest absolute Gasteiger partial charge is 0.266 e. The Morgan fingerprint density at radius 1 is 1.00 bits per heavy atom. The molecule has 1 N–H and O–H groups in total. The second-order valence-corrected chi connectivity index (χ2v) is 7.68. The summed E-state index contributed by atoms with van der Waals surface area (Å²) >= 11 is 5.93. The molecule has 30 heavy (non-hydrogen) atoms. The summed E-state index contributed by atoms with van der Waals surface area (Å²) in [5, 5.41) is 7.97. The molecule has 0 fully saturated rings. The van der Waals surface area contributed by atoms with Crippen LogP contribution in [-0.4, -0.2) is 15.7 Å². The van der Waals surface area contributed by atoms with Crippen LogP contribution in [0.1, 0.15) is 38.2 Å². The Balaban J connectivity index is 1.53. The van der Waals surface area contributed by atoms with Gasteiger partial charge in [-0.25, -0.2) is 4.68 Å². The minimum absolute atomic E-state index is 0.0711. The number of benzene rings is 2. The maximum Gasteiger partial charge on any atom is 0.266 e. The third-order valence-electron chi connectivity index (χ3n) is 4.84. The lowest BCUT2D eigenvalue weighted by atomic mass is 10.1. The molecule has 156 valence electrons. The second kappa shape index (κ2) is 10.7. The summed E-state index contributed by atoms with van der Waals surface area (Å²) in [5.41, 5.74) is 3.46. The largest absolute Gasteiger partial charge is 0.326 e. The minimum atomic E-state index is -0.184. The number of hydrogen-bond donors (Lipinski definition) is 1. The highest BCUT2D eigenvalue weighted by Crippen LogP contribution is 2.18. The summed E-state index contributed by atoms with van der Waals surface area (Å²) in [6.07, 6.45) is 4.23. The van der Waals surface area contributed by atoms with Crippen LogP contribution < -0.4 is 10.9 Å². The first kappa shape index (κ1) is 21.8. The molecule has 6 heteroatoms. The van der Waals surface area contributed by atoms with E-state index in [9.17, 15) is 9.59 Å². The number of hydrogen-bond acceptors (Lipinski definition) is 3. The molecular formula is C24H26ClN3O2. The molecule has 0 saturated carbocycles. The molecular weight excluding hydrogens is 398 g/mol. The van der Waals surface area contributed by atoms with Gasteiger partial charge in [-0.15, -0.1) is 0 Å². The molecule has 0 bridgehead atoms. The molecule has 0 radical (unpaired) electrons. The predicted octanol–water partition coefficient (Wildman–Crippen LogP) is 5.33. The fourth-order valence-corrected chi connectivity index (χ4v) is 3.26. The highest BCUT2D eigenvalue weighted by Gasteiger charge is 2.06. The molecule has 0 spiro atoms. The SMILES string of the molecule is CCCCc1ccc(NC(=O)CCCn2nc(-c3ccc(Cl)cc3)ccc2=O)cc1. The van der Waals surface area contributed by atoms with Crippen LogP contribution in [0.15, 0.2) is 65.5 Å². The number of amides is 1. The number of halogens is 1. The Hall–Kier alpha value is -2.92. The van der Waals surface area contributed by atoms with Crippen molar-refractivity contribution in [1.29, 1.82) is 0 Å². The molecule has 0 saturated heterocycles. The van der Waals surface area contributed by atoms with Crippen LogP contribution in [-0.2, 0) is 17.8 Å². The van der Waals surface area contributed by atoms with Gasteiger partial charge >= 0.3 is 0 Å². The average Bonchev–Trinajstić information content (AvgIpc) is 2.75. The fraction of sp³-hybridized carbons (Fsp3) is 0.292. The van der Waals surface area contributed by atoms with Gasteiger partial charge in [0.2, 0.25) is 5.91 Å². The number of nitrogens with zero attached hydrogens (tertiary/aromatic N) is 2. The van der Waals surface area contributed by atoms with Crippen molar-refractivity contribution in [1.82, 2.24) is 9.78 Å². The number of rotatable bonds is 9. The van der Waals surface area contributed by atoms with Gasteiger partial charge < -0.3 is 5.32 Å². The summed E-state index contributed by atoms with van der Waals surface area (Å²) < 4.78 is 1.40. The molecule has 2 aromatic carbocycles. The van der Waals surface area contributed by atoms with Crippen LogP contribution in [0.25, 0.3) is 11.3 Å². The molecule has 1 heterocycles. The zero-order chi connectivity index (χ0) is 21.3. The van der Waals surface area contributed by atoms with Gasteiger partial charge in [-0.2, -0.15) is 5.10 Å². The van der Waals surface area contributed by atoms with Gasteiger partial charge in [0, 0.05) is 35.3 Å². The van der Waals surface area contributed by atoms with Crippen molar-refractivity contribution < 1.29 is 4.79 Å². The van der Waals surface area contributed by atoms with Crippen molar-refractivity contribution in [2.75, 3.05) is 5.32 Å². The molecule has 0 aliphatic carbocycles. The number of unbranched alkanes of at least 4 members (excludes halogenated alkanes) is 1. The van der Waals surface area contributed by atoms with Gasteiger partial charge in [0.15, 0.2) is 0 Å². The van der Waals surface area contributed by atoms with E-state index in [1.807, 2.05) is 24.3 Å². The standard InChI is InChI=1S/C24H26ClN3O2/c1-2-3-5-18-7-13-21(14-8-18)26-23(29)6-4-17-28-24(30)16-15-22(27-28)19-9-11-20(25)12-10-19/h7-16H,2-6,17H2,1H3,(H,26,29). The van der Waals surface area contributed by atoms with Crippen LogP contribution in [0.4, 0.5) is 5.69 Å². The minimum Gasteiger partial charge on any atom is -0.326 e. The Kier molecular flexibility index (Phi) is 7.80. The molecule has 5 nitrogen and oxygen atoms in total. The molecule has 3 aromatic rings. The molecule has 0 aliphatic rings. The maximum atomic E-state index is 12.2. The number of anilines is 1. The molecule has 0 unspecified atom stereocenters. The lowest BCUT2D eigenvalue weighted by Gasteiger charge is -2.09. The van der Waals surface area contributed by atoms with E-state index in [-0.39, 0.29) is 11.5 Å². The molecule has 3 rings (SSSR count). The van der Waals surface area contributed by atoms with Gasteiger partial charge in [-0.3, -0.25) is 9.59 Å². The predicted molar refractivity (Wildman–Crippen MR) is 122 cm³/mol. The first-order valence-electron chi connectivity index (χ1n) is 10.3. The highest BCUT2D eigenvalue weighted by atomic mass is 35.5. The zero-order valence-corrected chi connectivity index (χ0v) is 17.9. The van der Waals surface area contributed by atoms with Crippen molar-refractivity contribution in [2.24, 2.45) is 0 Å². The third-order valence-corrected chi connectivity index (χ3v) is 5.09. The first-order valence-corrected chi connectivity index (χ1v) is 10.7. The third kappa shape index (κ3) is 6.29. The summed E-state index contributed by atoms with van der Waals surface area (Å²) in [4.78, 5) is 24.3. The summed E-state index contributed by atoms with van der Waals surface area (Å²) in [5.74, 6) is -0.0711. The van der Waals surface area contributed by atoms with E-state index in [4.69, 9.17) is 11.6 Å². The normalized spacial score (nSPS) is 10.7. The number of carbonyl (C=O) groups is 1. The van der Waals surface area contributed by atoms with Crippen LogP contribution in [0, 0.1) is 0 Å². The summed E-state index contributed by atoms with van der Waals surface area (Å²) in [7, 11) is 0. The molecule has 0 atom stereocenters. The first-order chi connectivity index (χ1) is 14.5. The van der Waals surface area contributed by atoms with Gasteiger partial charge in [0.05, 0.1) is 5.69 Å². The number of aromatic nitrogens is 2. The van der Waals surface area contributed by atoms with E-state index < -0.39 is 0 Å². The van der Waals surface area contributed by atoms with E-state index in [0.717, 1.165) is 17.7 Å². The van der Waals surface area contributed by atoms with Crippen molar-refractivity contribution in [3.8, 4) is 11.3 Å². The number of nitrogens with one attached hydrogen (secondary N) is 1. The summed E-state index contributed by atoms with van der Waals surface area (Å²) in [6, 6.07) is 18.5. The second-order valence-electron chi connectivity index (χ2n) is 7.24. The molecule has 1 aromatic heterocycles. The van der Waals surface area contributed by atoms with Crippen molar-refractivity contribution in [3.63, 3.8) is 0 Å². The van der Waals surface area contributed by atoms with Gasteiger partial charge in [0.1, 0.15) is 0 Å². The van der Waals surface area contributed by atoms with E-state index in [0.29, 0.717) is 30.1 Å². The average molecular weight is 424 g/mol. The number of aryl methyl sites for hydroxylation is 2. The van der Waals surface area contributed by atoms with E-state index in [1.54, 1.807) is 18.2 Å². The zero-order valence-electron chi connectivity index (χ0n) is 17.1. The van der Waals surface area contributed by atoms with Gasteiger partial charge in [0.25, 0.3) is 5.56 Å². The van der Waals surface area contributed by atoms with Crippen LogP contribution >= 0.6 is 11.6 Å². The molecule has 0 aliphatic heterocycles. The lowest BCUT2D eigenvalue weighted by molar-refractivity contribution is -0.116. The molecule has 1 amide bonds. The summed E-state index contributed by atoms with van der Waals surface area (Å²) in [6.45, 7) is 2.55. The monoisotopic (exact) mass is 423 g/mol. The van der Waals surface area contributed by atoms with E-state index >= 15 is 0 Å². The van der Waals surface area contributed by atoms with Gasteiger partial charge in [-0.1, -0.05) is 49.2 Å². The maximum absolute atomic E-state index is 12.2. The van der Waals surface area contributed by atoms with Crippen LogP contribution in [0.2, 0.25) is 5.02 Å². The quantitative estimate of drug-likeness (QED) is 0.506. The van der Waals surface area contributed by atoms with E-state index in [1.165, 1.54) is 29.2 Å². The lowest BCUT2D eigenvalue weighted by Crippen LogP contribution is -2.23. The van der Waals surface area contributed by atoms with Crippen molar-refractivity contribution in [3.05, 3.63) is 81.6 Å². The highest BCUT2D eigenvalue weighted by molar-refractivity contribution is 6.30. The number of carbonyl (C=O) groups excluding carboxylic acids is 1.